The van der Waals surface area contributed by atoms with Crippen LogP contribution in [0.2, 0.25) is 0 Å². The van der Waals surface area contributed by atoms with Gasteiger partial charge in [-0.3, -0.25) is 14.4 Å². The topological polar surface area (TPSA) is 197 Å². The Morgan fingerprint density at radius 3 is 1.89 bits per heavy atom. The Kier molecular flexibility index (Phi) is 12.0. The highest BCUT2D eigenvalue weighted by Crippen LogP contribution is 2.06. The first-order chi connectivity index (χ1) is 13.0. The molecule has 4 atom stereocenters. The Balaban J connectivity index is 5.16. The highest BCUT2D eigenvalue weighted by Gasteiger charge is 2.32. The third kappa shape index (κ3) is 9.11. The minimum Gasteiger partial charge on any atom is -0.480 e. The summed E-state index contributed by atoms with van der Waals surface area (Å²) in [5, 5.41) is 26.3. The van der Waals surface area contributed by atoms with E-state index in [0.29, 0.717) is 19.4 Å². The Morgan fingerprint density at radius 2 is 1.46 bits per heavy atom. The van der Waals surface area contributed by atoms with Crippen LogP contribution >= 0.6 is 0 Å². The summed E-state index contributed by atoms with van der Waals surface area (Å²) in [6, 6.07) is -3.53. The summed E-state index contributed by atoms with van der Waals surface area (Å²) in [4.78, 5) is 47.8. The number of unbranched alkanes of at least 4 members (excludes halogenated alkanes) is 1. The number of hydrogen-bond donors (Lipinski definition) is 7. The third-order valence-electron chi connectivity index (χ3n) is 4.08. The van der Waals surface area contributed by atoms with Gasteiger partial charge in [0.15, 0.2) is 0 Å². The van der Waals surface area contributed by atoms with Gasteiger partial charge >= 0.3 is 5.97 Å². The van der Waals surface area contributed by atoms with Gasteiger partial charge in [-0.05, 0) is 38.6 Å². The zero-order valence-electron chi connectivity index (χ0n) is 16.6. The van der Waals surface area contributed by atoms with E-state index in [1.54, 1.807) is 13.8 Å². The fourth-order valence-corrected chi connectivity index (χ4v) is 2.43. The fraction of sp³-hybridized carbons (Fsp3) is 0.765. The predicted octanol–water partition coefficient (Wildman–Crippen LogP) is -2.35. The van der Waals surface area contributed by atoms with E-state index in [1.807, 2.05) is 0 Å². The fourth-order valence-electron chi connectivity index (χ4n) is 2.43. The average molecular weight is 403 g/mol. The second-order valence-electron chi connectivity index (χ2n) is 6.90. The predicted molar refractivity (Wildman–Crippen MR) is 102 cm³/mol. The van der Waals surface area contributed by atoms with E-state index in [9.17, 15) is 29.4 Å². The first-order valence-corrected chi connectivity index (χ1v) is 9.26. The van der Waals surface area contributed by atoms with Gasteiger partial charge in [0.05, 0.1) is 12.6 Å². The largest absolute Gasteiger partial charge is 0.480 e. The lowest BCUT2D eigenvalue weighted by molar-refractivity contribution is -0.143. The third-order valence-corrected chi connectivity index (χ3v) is 4.08. The van der Waals surface area contributed by atoms with Crippen molar-refractivity contribution in [3.63, 3.8) is 0 Å². The molecular weight excluding hydrogens is 370 g/mol. The van der Waals surface area contributed by atoms with Gasteiger partial charge in [-0.25, -0.2) is 4.79 Å². The van der Waals surface area contributed by atoms with Crippen molar-refractivity contribution in [1.29, 1.82) is 0 Å². The smallest absolute Gasteiger partial charge is 0.326 e. The molecule has 0 radical (unpaired) electrons. The minimum absolute atomic E-state index is 0.167. The molecule has 162 valence electrons. The van der Waals surface area contributed by atoms with E-state index in [4.69, 9.17) is 11.5 Å². The summed E-state index contributed by atoms with van der Waals surface area (Å²) in [6.07, 6.45) is -0.0204. The molecule has 0 spiro atoms. The second kappa shape index (κ2) is 13.0. The molecule has 0 aromatic carbocycles. The molecule has 9 N–H and O–H groups in total. The van der Waals surface area contributed by atoms with Crippen molar-refractivity contribution in [2.45, 2.75) is 64.3 Å². The number of nitrogens with two attached hydrogens (primary N) is 2. The maximum absolute atomic E-state index is 12.5. The molecule has 0 aliphatic carbocycles. The number of amides is 3. The lowest BCUT2D eigenvalue weighted by Crippen LogP contribution is -2.60. The van der Waals surface area contributed by atoms with Crippen molar-refractivity contribution in [3.05, 3.63) is 0 Å². The summed E-state index contributed by atoms with van der Waals surface area (Å²) in [5.74, 6) is -3.60. The minimum atomic E-state index is -1.39. The van der Waals surface area contributed by atoms with Gasteiger partial charge in [0, 0.05) is 0 Å². The maximum Gasteiger partial charge on any atom is 0.326 e. The van der Waals surface area contributed by atoms with Gasteiger partial charge in [-0.15, -0.1) is 0 Å². The first kappa shape index (κ1) is 25.8. The van der Waals surface area contributed by atoms with E-state index in [1.165, 1.54) is 6.92 Å². The van der Waals surface area contributed by atoms with Crippen LogP contribution in [0.5, 0.6) is 0 Å². The highest BCUT2D eigenvalue weighted by atomic mass is 16.4. The Morgan fingerprint density at radius 1 is 0.893 bits per heavy atom. The zero-order chi connectivity index (χ0) is 21.9. The van der Waals surface area contributed by atoms with Crippen LogP contribution in [-0.4, -0.2) is 71.2 Å². The van der Waals surface area contributed by atoms with Gasteiger partial charge in [-0.2, -0.15) is 0 Å². The number of aliphatic carboxylic acids is 1. The normalized spacial score (nSPS) is 15.2. The molecule has 0 saturated carbocycles. The number of nitrogens with one attached hydrogen (secondary N) is 3. The van der Waals surface area contributed by atoms with Crippen molar-refractivity contribution >= 4 is 23.7 Å². The van der Waals surface area contributed by atoms with Crippen LogP contribution < -0.4 is 27.4 Å². The van der Waals surface area contributed by atoms with E-state index in [0.717, 1.165) is 0 Å². The summed E-state index contributed by atoms with van der Waals surface area (Å²) < 4.78 is 0. The summed E-state index contributed by atoms with van der Waals surface area (Å²) in [7, 11) is 0. The van der Waals surface area contributed by atoms with Crippen LogP contribution in [-0.2, 0) is 19.2 Å². The monoisotopic (exact) mass is 403 g/mol. The molecule has 4 unspecified atom stereocenters. The van der Waals surface area contributed by atoms with Crippen molar-refractivity contribution in [3.8, 4) is 0 Å². The molecule has 0 aliphatic rings. The Labute approximate surface area is 164 Å². The van der Waals surface area contributed by atoms with Crippen molar-refractivity contribution in [2.24, 2.45) is 17.4 Å². The SMILES string of the molecule is CC(C)C(NC(=O)CN)C(=O)NC(C(=O)NC(CCCCN)C(=O)O)C(C)O. The van der Waals surface area contributed by atoms with Crippen LogP contribution in [0.15, 0.2) is 0 Å². The van der Waals surface area contributed by atoms with Crippen LogP contribution in [0, 0.1) is 5.92 Å². The molecule has 11 nitrogen and oxygen atoms in total. The standard InChI is InChI=1S/C17H33N5O6/c1-9(2)13(21-12(24)8-19)15(25)22-14(10(3)23)16(26)20-11(17(27)28)6-4-5-7-18/h9-11,13-14,23H,4-8,18-19H2,1-3H3,(H,20,26)(H,21,24)(H,22,25)(H,27,28). The van der Waals surface area contributed by atoms with E-state index < -0.39 is 47.9 Å². The molecule has 0 aliphatic heterocycles. The van der Waals surface area contributed by atoms with Crippen molar-refractivity contribution < 1.29 is 29.4 Å². The number of hydrogen-bond acceptors (Lipinski definition) is 7. The summed E-state index contributed by atoms with van der Waals surface area (Å²) in [6.45, 7) is 4.77. The average Bonchev–Trinajstić information content (AvgIpc) is 2.61. The lowest BCUT2D eigenvalue weighted by atomic mass is 10.0. The van der Waals surface area contributed by atoms with Crippen LogP contribution in [0.4, 0.5) is 0 Å². The van der Waals surface area contributed by atoms with E-state index in [-0.39, 0.29) is 18.9 Å². The van der Waals surface area contributed by atoms with Gasteiger partial charge in [-0.1, -0.05) is 13.8 Å². The van der Waals surface area contributed by atoms with Crippen molar-refractivity contribution in [1.82, 2.24) is 16.0 Å². The van der Waals surface area contributed by atoms with Gasteiger partial charge in [0.25, 0.3) is 0 Å². The molecule has 0 fully saturated rings. The van der Waals surface area contributed by atoms with E-state index in [2.05, 4.69) is 16.0 Å². The number of carbonyl (C=O) groups is 4. The second-order valence-corrected chi connectivity index (χ2v) is 6.90. The first-order valence-electron chi connectivity index (χ1n) is 9.26. The maximum atomic E-state index is 12.5. The Bertz CT molecular complexity index is 540. The van der Waals surface area contributed by atoms with Crippen LogP contribution in [0.1, 0.15) is 40.0 Å². The zero-order valence-corrected chi connectivity index (χ0v) is 16.6. The Hall–Kier alpha value is -2.24. The molecule has 28 heavy (non-hydrogen) atoms. The van der Waals surface area contributed by atoms with Crippen LogP contribution in [0.3, 0.4) is 0 Å². The number of rotatable bonds is 13. The number of carboxylic acids is 1. The molecule has 0 bridgehead atoms. The number of carbonyl (C=O) groups excluding carboxylic acids is 3. The van der Waals surface area contributed by atoms with Gasteiger partial charge < -0.3 is 37.6 Å². The molecule has 3 amide bonds. The van der Waals surface area contributed by atoms with Crippen LogP contribution in [0.25, 0.3) is 0 Å². The number of aliphatic hydroxyl groups is 1. The molecule has 0 aromatic heterocycles. The number of carboxylic acid groups (broad SMARTS) is 1. The molecule has 11 heteroatoms. The molecule has 0 saturated heterocycles. The van der Waals surface area contributed by atoms with Crippen molar-refractivity contribution in [2.75, 3.05) is 13.1 Å². The summed E-state index contributed by atoms with van der Waals surface area (Å²) >= 11 is 0. The molecular formula is C17H33N5O6. The lowest BCUT2D eigenvalue weighted by Gasteiger charge is -2.27. The van der Waals surface area contributed by atoms with E-state index >= 15 is 0 Å². The summed E-state index contributed by atoms with van der Waals surface area (Å²) in [5.41, 5.74) is 10.6. The highest BCUT2D eigenvalue weighted by molar-refractivity contribution is 5.94. The van der Waals surface area contributed by atoms with Gasteiger partial charge in [0.1, 0.15) is 18.1 Å². The number of aliphatic hydroxyl groups excluding tert-OH is 1. The quantitative estimate of drug-likeness (QED) is 0.166. The molecule has 0 heterocycles. The molecule has 0 aromatic rings. The molecule has 0 rings (SSSR count). The van der Waals surface area contributed by atoms with Gasteiger partial charge in [0.2, 0.25) is 17.7 Å².